The van der Waals surface area contributed by atoms with Gasteiger partial charge in [0.1, 0.15) is 5.60 Å². The smallest absolute Gasteiger partial charge is 0.417 e. The molecule has 1 aliphatic rings. The fourth-order valence-corrected chi connectivity index (χ4v) is 2.29. The summed E-state index contributed by atoms with van der Waals surface area (Å²) < 4.78 is 9.93. The average molecular weight is 316 g/mol. The molecule has 0 spiro atoms. The van der Waals surface area contributed by atoms with E-state index in [0.717, 1.165) is 4.90 Å². The zero-order valence-electron chi connectivity index (χ0n) is 13.6. The Balaban J connectivity index is 2.93. The van der Waals surface area contributed by atoms with Gasteiger partial charge in [0.2, 0.25) is 0 Å². The number of carbonyl (C=O) groups is 3. The zero-order chi connectivity index (χ0) is 17.1. The van der Waals surface area contributed by atoms with Gasteiger partial charge in [-0.25, -0.2) is 14.5 Å². The number of hydrogen-bond donors (Lipinski definition) is 2. The molecule has 3 atom stereocenters. The number of hydrogen-bond acceptors (Lipinski definition) is 6. The summed E-state index contributed by atoms with van der Waals surface area (Å²) in [5.41, 5.74) is -0.771. The molecule has 1 aliphatic heterocycles. The normalized spacial score (nSPS) is 25.1. The van der Waals surface area contributed by atoms with Crippen LogP contribution < -0.4 is 5.32 Å². The molecule has 0 saturated carbocycles. The molecule has 8 nitrogen and oxygen atoms in total. The van der Waals surface area contributed by atoms with E-state index < -0.39 is 41.9 Å². The number of amides is 3. The Morgan fingerprint density at radius 3 is 2.36 bits per heavy atom. The Morgan fingerprint density at radius 2 is 1.91 bits per heavy atom. The Morgan fingerprint density at radius 1 is 1.32 bits per heavy atom. The highest BCUT2D eigenvalue weighted by atomic mass is 16.6. The summed E-state index contributed by atoms with van der Waals surface area (Å²) >= 11 is 0. The van der Waals surface area contributed by atoms with E-state index in [-0.39, 0.29) is 6.61 Å². The van der Waals surface area contributed by atoms with Gasteiger partial charge in [-0.2, -0.15) is 0 Å². The second-order valence-corrected chi connectivity index (χ2v) is 6.00. The van der Waals surface area contributed by atoms with Crippen LogP contribution in [0.25, 0.3) is 0 Å². The van der Waals surface area contributed by atoms with Crippen LogP contribution in [0, 0.1) is 0 Å². The second-order valence-electron chi connectivity index (χ2n) is 6.00. The number of likely N-dealkylation sites (tertiary alicyclic amines) is 1. The molecule has 3 amide bonds. The monoisotopic (exact) mass is 316 g/mol. The van der Waals surface area contributed by atoms with Crippen molar-refractivity contribution in [3.8, 4) is 0 Å². The third-order valence-corrected chi connectivity index (χ3v) is 3.15. The molecule has 0 aromatic rings. The summed E-state index contributed by atoms with van der Waals surface area (Å²) in [6, 6.07) is -1.62. The van der Waals surface area contributed by atoms with Crippen LogP contribution in [0.2, 0.25) is 0 Å². The van der Waals surface area contributed by atoms with Gasteiger partial charge in [-0.3, -0.25) is 4.79 Å². The molecule has 0 bridgehead atoms. The van der Waals surface area contributed by atoms with Gasteiger partial charge in [0.15, 0.2) is 6.10 Å². The highest BCUT2D eigenvalue weighted by molar-refractivity contribution is 5.98. The number of aliphatic hydroxyl groups is 1. The van der Waals surface area contributed by atoms with Crippen molar-refractivity contribution < 1.29 is 29.0 Å². The first-order chi connectivity index (χ1) is 10.1. The van der Waals surface area contributed by atoms with Crippen LogP contribution in [0.5, 0.6) is 0 Å². The standard InChI is InChI=1S/C14H24N2O6/c1-6-8-9(15-12(19)21-7-2)10(17)11(18)16(8)13(20)22-14(3,4)5/h8-10,17H,6-7H2,1-5H3,(H,15,19)/t8-,9-,10-/m1/s1. The molecule has 0 unspecified atom stereocenters. The lowest BCUT2D eigenvalue weighted by atomic mass is 10.1. The fraction of sp³-hybridized carbons (Fsp3) is 0.786. The number of ether oxygens (including phenoxy) is 2. The van der Waals surface area contributed by atoms with Gasteiger partial charge in [-0.05, 0) is 34.1 Å². The molecule has 0 radical (unpaired) electrons. The molecule has 1 rings (SSSR count). The van der Waals surface area contributed by atoms with Crippen molar-refractivity contribution in [2.75, 3.05) is 6.61 Å². The first-order valence-electron chi connectivity index (χ1n) is 7.29. The number of nitrogens with one attached hydrogen (secondary N) is 1. The van der Waals surface area contributed by atoms with Crippen molar-refractivity contribution in [1.29, 1.82) is 0 Å². The quantitative estimate of drug-likeness (QED) is 0.805. The summed E-state index contributed by atoms with van der Waals surface area (Å²) in [5.74, 6) is -0.789. The Labute approximate surface area is 129 Å². The molecular weight excluding hydrogens is 292 g/mol. The summed E-state index contributed by atoms with van der Waals surface area (Å²) in [4.78, 5) is 36.7. The number of rotatable bonds is 3. The van der Waals surface area contributed by atoms with E-state index in [0.29, 0.717) is 6.42 Å². The molecule has 0 aromatic heterocycles. The van der Waals surface area contributed by atoms with Crippen LogP contribution in [0.3, 0.4) is 0 Å². The predicted octanol–water partition coefficient (Wildman–Crippen LogP) is 1.02. The van der Waals surface area contributed by atoms with E-state index in [1.807, 2.05) is 0 Å². The minimum atomic E-state index is -1.51. The maximum Gasteiger partial charge on any atom is 0.417 e. The van der Waals surface area contributed by atoms with Gasteiger partial charge in [-0.15, -0.1) is 0 Å². The minimum absolute atomic E-state index is 0.162. The maximum atomic E-state index is 12.2. The second kappa shape index (κ2) is 6.95. The largest absolute Gasteiger partial charge is 0.450 e. The highest BCUT2D eigenvalue weighted by Gasteiger charge is 2.51. The van der Waals surface area contributed by atoms with Gasteiger partial charge in [0, 0.05) is 0 Å². The van der Waals surface area contributed by atoms with Crippen molar-refractivity contribution in [2.45, 2.75) is 64.8 Å². The van der Waals surface area contributed by atoms with Crippen molar-refractivity contribution in [2.24, 2.45) is 0 Å². The SMILES string of the molecule is CCOC(=O)N[C@@H]1[C@@H](CC)N(C(=O)OC(C)(C)C)C(=O)[C@@H]1O. The number of imide groups is 1. The Bertz CT molecular complexity index is 445. The Kier molecular flexibility index (Phi) is 5.76. The Hall–Kier alpha value is -1.83. The molecular formula is C14H24N2O6. The van der Waals surface area contributed by atoms with Crippen molar-refractivity contribution in [3.05, 3.63) is 0 Å². The molecule has 1 fully saturated rings. The molecule has 22 heavy (non-hydrogen) atoms. The van der Waals surface area contributed by atoms with E-state index in [2.05, 4.69) is 5.32 Å². The van der Waals surface area contributed by atoms with E-state index in [4.69, 9.17) is 9.47 Å². The van der Waals surface area contributed by atoms with Gasteiger partial charge in [0.25, 0.3) is 5.91 Å². The summed E-state index contributed by atoms with van der Waals surface area (Å²) in [7, 11) is 0. The van der Waals surface area contributed by atoms with E-state index in [1.165, 1.54) is 0 Å². The van der Waals surface area contributed by atoms with E-state index in [9.17, 15) is 19.5 Å². The van der Waals surface area contributed by atoms with Crippen LogP contribution in [-0.2, 0) is 14.3 Å². The zero-order valence-corrected chi connectivity index (χ0v) is 13.6. The number of alkyl carbamates (subject to hydrolysis) is 1. The fourth-order valence-electron chi connectivity index (χ4n) is 2.29. The van der Waals surface area contributed by atoms with Crippen molar-refractivity contribution in [3.63, 3.8) is 0 Å². The molecule has 1 heterocycles. The first kappa shape index (κ1) is 18.2. The molecule has 0 aliphatic carbocycles. The molecule has 8 heteroatoms. The summed E-state index contributed by atoms with van der Waals surface area (Å²) in [6.07, 6.45) is -2.73. The molecule has 1 saturated heterocycles. The predicted molar refractivity (Wildman–Crippen MR) is 77.1 cm³/mol. The van der Waals surface area contributed by atoms with Crippen LogP contribution in [-0.4, -0.2) is 58.5 Å². The van der Waals surface area contributed by atoms with E-state index >= 15 is 0 Å². The lowest BCUT2D eigenvalue weighted by molar-refractivity contribution is -0.134. The number of aliphatic hydroxyl groups excluding tert-OH is 1. The molecule has 2 N–H and O–H groups in total. The number of nitrogens with zero attached hydrogens (tertiary/aromatic N) is 1. The van der Waals surface area contributed by atoms with Crippen LogP contribution in [0.15, 0.2) is 0 Å². The minimum Gasteiger partial charge on any atom is -0.450 e. The van der Waals surface area contributed by atoms with E-state index in [1.54, 1.807) is 34.6 Å². The molecule has 0 aromatic carbocycles. The molecule has 126 valence electrons. The first-order valence-corrected chi connectivity index (χ1v) is 7.29. The third-order valence-electron chi connectivity index (χ3n) is 3.15. The van der Waals surface area contributed by atoms with Crippen LogP contribution in [0.4, 0.5) is 9.59 Å². The van der Waals surface area contributed by atoms with Crippen molar-refractivity contribution >= 4 is 18.1 Å². The van der Waals surface area contributed by atoms with Gasteiger partial charge >= 0.3 is 12.2 Å². The van der Waals surface area contributed by atoms with Gasteiger partial charge in [0.05, 0.1) is 18.7 Å². The van der Waals surface area contributed by atoms with Crippen LogP contribution in [0.1, 0.15) is 41.0 Å². The lowest BCUT2D eigenvalue weighted by Gasteiger charge is -2.28. The topological polar surface area (TPSA) is 105 Å². The van der Waals surface area contributed by atoms with Crippen molar-refractivity contribution in [1.82, 2.24) is 10.2 Å². The summed E-state index contributed by atoms with van der Waals surface area (Å²) in [5, 5.41) is 12.5. The van der Waals surface area contributed by atoms with Crippen LogP contribution >= 0.6 is 0 Å². The van der Waals surface area contributed by atoms with Gasteiger partial charge < -0.3 is 19.9 Å². The average Bonchev–Trinajstić information content (AvgIpc) is 2.61. The number of carbonyl (C=O) groups excluding carboxylic acids is 3. The summed E-state index contributed by atoms with van der Waals surface area (Å²) in [6.45, 7) is 8.58. The third kappa shape index (κ3) is 4.09. The van der Waals surface area contributed by atoms with Gasteiger partial charge in [-0.1, -0.05) is 6.92 Å². The highest BCUT2D eigenvalue weighted by Crippen LogP contribution is 2.25. The maximum absolute atomic E-state index is 12.2. The lowest BCUT2D eigenvalue weighted by Crippen LogP contribution is -2.49.